The molecule has 12 heteroatoms. The molecule has 0 aliphatic rings. The summed E-state index contributed by atoms with van der Waals surface area (Å²) in [7, 11) is 7.60. The predicted molar refractivity (Wildman–Crippen MR) is 154 cm³/mol. The molecule has 0 spiro atoms. The van der Waals surface area contributed by atoms with E-state index in [-0.39, 0.29) is 40.6 Å². The maximum Gasteiger partial charge on any atom is 0.388 e. The highest BCUT2D eigenvalue weighted by molar-refractivity contribution is 5.84. The zero-order valence-corrected chi connectivity index (χ0v) is 24.3. The van der Waals surface area contributed by atoms with E-state index in [4.69, 9.17) is 20.8 Å². The molecule has 2 aromatic heterocycles. The maximum atomic E-state index is 16.2. The average molecular weight is 597 g/mol. The number of hydrogen-bond acceptors (Lipinski definition) is 8. The second-order valence-corrected chi connectivity index (χ2v) is 9.96. The molecule has 0 aliphatic heterocycles. The second kappa shape index (κ2) is 13.1. The van der Waals surface area contributed by atoms with Gasteiger partial charge in [0.1, 0.15) is 5.60 Å². The fraction of sp³-hybridized carbons (Fsp3) is 0.323. The number of methoxy groups -OCH3 is 3. The van der Waals surface area contributed by atoms with Gasteiger partial charge in [0.05, 0.1) is 39.3 Å². The van der Waals surface area contributed by atoms with Gasteiger partial charge in [0.15, 0.2) is 17.3 Å². The van der Waals surface area contributed by atoms with Gasteiger partial charge in [-0.2, -0.15) is 13.8 Å². The number of fused-ring (bicyclic) bond motifs is 1. The normalized spacial score (nSPS) is 13.4. The zero-order valence-electron chi connectivity index (χ0n) is 24.3. The van der Waals surface area contributed by atoms with Gasteiger partial charge >= 0.3 is 6.61 Å². The first-order valence-electron chi connectivity index (χ1n) is 13.1. The van der Waals surface area contributed by atoms with Crippen molar-refractivity contribution < 1.29 is 37.2 Å². The first-order valence-corrected chi connectivity index (χ1v) is 13.1. The van der Waals surface area contributed by atoms with Crippen molar-refractivity contribution in [2.75, 3.05) is 42.0 Å². The van der Waals surface area contributed by atoms with Crippen LogP contribution in [0.2, 0.25) is 0 Å². The minimum atomic E-state index is -3.20. The highest BCUT2D eigenvalue weighted by atomic mass is 19.3. The Morgan fingerprint density at radius 3 is 2.33 bits per heavy atom. The van der Waals surface area contributed by atoms with Crippen molar-refractivity contribution in [3.8, 4) is 23.4 Å². The van der Waals surface area contributed by atoms with Crippen molar-refractivity contribution in [2.45, 2.75) is 24.6 Å². The van der Waals surface area contributed by atoms with Gasteiger partial charge in [-0.15, -0.1) is 0 Å². The van der Waals surface area contributed by atoms with E-state index in [0.29, 0.717) is 23.1 Å². The fourth-order valence-corrected chi connectivity index (χ4v) is 5.03. The lowest BCUT2D eigenvalue weighted by atomic mass is 9.71. The number of aromatic nitrogens is 2. The van der Waals surface area contributed by atoms with Crippen LogP contribution in [0.1, 0.15) is 29.0 Å². The van der Waals surface area contributed by atoms with Crippen LogP contribution in [0.3, 0.4) is 0 Å². The van der Waals surface area contributed by atoms with Crippen LogP contribution in [0.4, 0.5) is 18.9 Å². The molecule has 2 heterocycles. The van der Waals surface area contributed by atoms with E-state index < -0.39 is 29.8 Å². The number of pyridine rings is 2. The molecule has 0 fully saturated rings. The molecule has 2 aromatic carbocycles. The van der Waals surface area contributed by atoms with Gasteiger partial charge in [-0.3, -0.25) is 0 Å². The van der Waals surface area contributed by atoms with Crippen molar-refractivity contribution >= 4 is 16.6 Å². The number of hydrogen-bond donors (Lipinski definition) is 1. The van der Waals surface area contributed by atoms with Crippen LogP contribution in [0.25, 0.3) is 15.7 Å². The third kappa shape index (κ3) is 6.58. The number of nitrogens with zero attached hydrogens (tertiary/aromatic N) is 4. The topological polar surface area (TPSA) is 90.5 Å². The van der Waals surface area contributed by atoms with Gasteiger partial charge in [-0.1, -0.05) is 18.2 Å². The van der Waals surface area contributed by atoms with Crippen LogP contribution in [-0.4, -0.2) is 68.6 Å². The van der Waals surface area contributed by atoms with Crippen LogP contribution in [-0.2, 0) is 5.60 Å². The molecular formula is C31H31F3N4O5. The SMILES string of the molecule is [C-]#[N+]c1ccc2nc(OC)c(C(c3cccc(OC)c3F)C(O)(CCN(C)C)c3cc(OC)nc(OC(F)F)c3)cc2c1. The Kier molecular flexibility index (Phi) is 9.58. The lowest BCUT2D eigenvalue weighted by Gasteiger charge is -2.39. The molecule has 0 amide bonds. The Bertz CT molecular complexity index is 1650. The summed E-state index contributed by atoms with van der Waals surface area (Å²) in [5, 5.41) is 13.4. The molecule has 0 saturated carbocycles. The van der Waals surface area contributed by atoms with Crippen LogP contribution in [0.5, 0.6) is 23.4 Å². The molecule has 4 aromatic rings. The van der Waals surface area contributed by atoms with E-state index in [2.05, 4.69) is 19.5 Å². The number of alkyl halides is 2. The van der Waals surface area contributed by atoms with Crippen LogP contribution >= 0.6 is 0 Å². The average Bonchev–Trinajstić information content (AvgIpc) is 2.99. The Hall–Kier alpha value is -4.60. The highest BCUT2D eigenvalue weighted by Gasteiger charge is 2.44. The lowest BCUT2D eigenvalue weighted by molar-refractivity contribution is -0.0538. The molecule has 2 atom stereocenters. The van der Waals surface area contributed by atoms with Crippen LogP contribution in [0.15, 0.2) is 54.6 Å². The maximum absolute atomic E-state index is 16.2. The first-order chi connectivity index (χ1) is 20.5. The summed E-state index contributed by atoms with van der Waals surface area (Å²) in [6, 6.07) is 13.7. The largest absolute Gasteiger partial charge is 0.494 e. The molecule has 226 valence electrons. The molecule has 4 rings (SSSR count). The predicted octanol–water partition coefficient (Wildman–Crippen LogP) is 5.92. The molecular weight excluding hydrogens is 565 g/mol. The fourth-order valence-electron chi connectivity index (χ4n) is 5.03. The van der Waals surface area contributed by atoms with Gasteiger partial charge in [0.2, 0.25) is 17.6 Å². The monoisotopic (exact) mass is 596 g/mol. The van der Waals surface area contributed by atoms with Crippen molar-refractivity contribution in [3.05, 3.63) is 88.5 Å². The third-order valence-electron chi connectivity index (χ3n) is 7.06. The molecule has 0 aliphatic carbocycles. The number of aliphatic hydroxyl groups is 1. The zero-order chi connectivity index (χ0) is 31.3. The van der Waals surface area contributed by atoms with Crippen molar-refractivity contribution in [1.82, 2.24) is 14.9 Å². The number of rotatable bonds is 12. The minimum absolute atomic E-state index is 0.0218. The van der Waals surface area contributed by atoms with Gasteiger partial charge in [-0.25, -0.2) is 14.2 Å². The van der Waals surface area contributed by atoms with E-state index in [1.807, 2.05) is 4.90 Å². The van der Waals surface area contributed by atoms with Gasteiger partial charge in [-0.05, 0) is 55.7 Å². The smallest absolute Gasteiger partial charge is 0.388 e. The molecule has 0 saturated heterocycles. The summed E-state index contributed by atoms with van der Waals surface area (Å²) in [4.78, 5) is 13.9. The lowest BCUT2D eigenvalue weighted by Crippen LogP contribution is -2.38. The Morgan fingerprint density at radius 1 is 0.953 bits per heavy atom. The Balaban J connectivity index is 2.13. The molecule has 1 N–H and O–H groups in total. The molecule has 43 heavy (non-hydrogen) atoms. The van der Waals surface area contributed by atoms with Crippen molar-refractivity contribution in [2.24, 2.45) is 0 Å². The Morgan fingerprint density at radius 2 is 1.70 bits per heavy atom. The Labute approximate surface area is 247 Å². The van der Waals surface area contributed by atoms with Crippen molar-refractivity contribution in [3.63, 3.8) is 0 Å². The van der Waals surface area contributed by atoms with Gasteiger partial charge in [0.25, 0.3) is 0 Å². The van der Waals surface area contributed by atoms with E-state index in [1.54, 1.807) is 44.4 Å². The number of halogens is 3. The van der Waals surface area contributed by atoms with Gasteiger partial charge < -0.3 is 29.0 Å². The first kappa shape index (κ1) is 31.3. The summed E-state index contributed by atoms with van der Waals surface area (Å²) >= 11 is 0. The number of ether oxygens (including phenoxy) is 4. The van der Waals surface area contributed by atoms with Crippen LogP contribution < -0.4 is 18.9 Å². The summed E-state index contributed by atoms with van der Waals surface area (Å²) in [6.45, 7) is 4.54. The summed E-state index contributed by atoms with van der Waals surface area (Å²) in [6.07, 6.45) is -0.0219. The van der Waals surface area contributed by atoms with E-state index in [1.165, 1.54) is 45.6 Å². The summed E-state index contributed by atoms with van der Waals surface area (Å²) in [5.41, 5.74) is -0.793. The molecule has 9 nitrogen and oxygen atoms in total. The quantitative estimate of drug-likeness (QED) is 0.202. The van der Waals surface area contributed by atoms with E-state index >= 15 is 4.39 Å². The summed E-state index contributed by atoms with van der Waals surface area (Å²) in [5.74, 6) is -2.59. The standard InChI is InChI=1S/C31H31F3N4O5/c1-35-20-10-11-23-18(14-20)15-22(29(36-23)42-6)27(21-8-7-9-24(40-4)28(21)32)31(39,12-13-38(2)3)19-16-25(41-5)37-26(17-19)43-30(33)34/h7-11,14-17,27,30,39H,12-13H2,2-6H3. The minimum Gasteiger partial charge on any atom is -0.494 e. The van der Waals surface area contributed by atoms with E-state index in [0.717, 1.165) is 0 Å². The molecule has 0 bridgehead atoms. The third-order valence-corrected chi connectivity index (χ3v) is 7.06. The highest BCUT2D eigenvalue weighted by Crippen LogP contribution is 2.50. The van der Waals surface area contributed by atoms with E-state index in [9.17, 15) is 13.9 Å². The molecule has 0 radical (unpaired) electrons. The summed E-state index contributed by atoms with van der Waals surface area (Å²) < 4.78 is 63.6. The number of benzene rings is 2. The molecule has 2 unspecified atom stereocenters. The van der Waals surface area contributed by atoms with Crippen molar-refractivity contribution in [1.29, 1.82) is 0 Å². The van der Waals surface area contributed by atoms with Crippen LogP contribution in [0, 0.1) is 12.4 Å². The second-order valence-electron chi connectivity index (χ2n) is 9.96. The van der Waals surface area contributed by atoms with Gasteiger partial charge in [0, 0.05) is 29.8 Å².